The molecule has 0 radical (unpaired) electrons. The highest BCUT2D eigenvalue weighted by Crippen LogP contribution is 2.20. The van der Waals surface area contributed by atoms with E-state index >= 15 is 0 Å². The van der Waals surface area contributed by atoms with Gasteiger partial charge in [-0.2, -0.15) is 4.98 Å². The highest BCUT2D eigenvalue weighted by molar-refractivity contribution is 5.44. The van der Waals surface area contributed by atoms with E-state index in [2.05, 4.69) is 15.0 Å². The SMILES string of the molecule is CCc1nc(N)c(C)c(OCCCc2ccncc2)n1. The summed E-state index contributed by atoms with van der Waals surface area (Å²) in [6.07, 6.45) is 6.24. The third-order valence-corrected chi connectivity index (χ3v) is 3.10. The molecular weight excluding hydrogens is 252 g/mol. The second-order valence-corrected chi connectivity index (χ2v) is 4.62. The summed E-state index contributed by atoms with van der Waals surface area (Å²) < 4.78 is 5.74. The topological polar surface area (TPSA) is 73.9 Å². The van der Waals surface area contributed by atoms with Crippen molar-refractivity contribution in [1.29, 1.82) is 0 Å². The lowest BCUT2D eigenvalue weighted by Crippen LogP contribution is -2.08. The Kier molecular flexibility index (Phi) is 4.87. The highest BCUT2D eigenvalue weighted by Gasteiger charge is 2.08. The number of aromatic nitrogens is 3. The minimum Gasteiger partial charge on any atom is -0.477 e. The Morgan fingerprint density at radius 1 is 1.20 bits per heavy atom. The molecule has 0 aromatic carbocycles. The maximum atomic E-state index is 5.85. The van der Waals surface area contributed by atoms with Crippen LogP contribution in [0.15, 0.2) is 24.5 Å². The van der Waals surface area contributed by atoms with Gasteiger partial charge in [0.2, 0.25) is 5.88 Å². The largest absolute Gasteiger partial charge is 0.477 e. The summed E-state index contributed by atoms with van der Waals surface area (Å²) in [4.78, 5) is 12.6. The number of pyridine rings is 1. The van der Waals surface area contributed by atoms with E-state index in [4.69, 9.17) is 10.5 Å². The summed E-state index contributed by atoms with van der Waals surface area (Å²) in [6.45, 7) is 4.49. The fourth-order valence-corrected chi connectivity index (χ4v) is 1.85. The Morgan fingerprint density at radius 2 is 1.95 bits per heavy atom. The van der Waals surface area contributed by atoms with Crippen LogP contribution in [-0.2, 0) is 12.8 Å². The van der Waals surface area contributed by atoms with Gasteiger partial charge in [0.15, 0.2) is 0 Å². The van der Waals surface area contributed by atoms with E-state index in [-0.39, 0.29) is 0 Å². The molecule has 2 N–H and O–H groups in total. The number of hydrogen-bond donors (Lipinski definition) is 1. The number of anilines is 1. The highest BCUT2D eigenvalue weighted by atomic mass is 16.5. The first-order chi connectivity index (χ1) is 9.70. The van der Waals surface area contributed by atoms with E-state index in [9.17, 15) is 0 Å². The second-order valence-electron chi connectivity index (χ2n) is 4.62. The van der Waals surface area contributed by atoms with Gasteiger partial charge in [0.25, 0.3) is 0 Å². The monoisotopic (exact) mass is 272 g/mol. The van der Waals surface area contributed by atoms with Crippen LogP contribution in [-0.4, -0.2) is 21.6 Å². The molecule has 2 heterocycles. The summed E-state index contributed by atoms with van der Waals surface area (Å²) in [7, 11) is 0. The van der Waals surface area contributed by atoms with Crippen LogP contribution in [0.4, 0.5) is 5.82 Å². The van der Waals surface area contributed by atoms with Crippen LogP contribution >= 0.6 is 0 Å². The van der Waals surface area contributed by atoms with Crippen LogP contribution in [0, 0.1) is 6.92 Å². The maximum absolute atomic E-state index is 5.85. The molecule has 0 amide bonds. The van der Waals surface area contributed by atoms with Crippen LogP contribution in [0.5, 0.6) is 5.88 Å². The lowest BCUT2D eigenvalue weighted by Gasteiger charge is -2.10. The Hall–Kier alpha value is -2.17. The zero-order valence-corrected chi connectivity index (χ0v) is 12.0. The maximum Gasteiger partial charge on any atom is 0.221 e. The van der Waals surface area contributed by atoms with Gasteiger partial charge in [-0.3, -0.25) is 4.98 Å². The van der Waals surface area contributed by atoms with Gasteiger partial charge in [-0.05, 0) is 37.5 Å². The fraction of sp³-hybridized carbons (Fsp3) is 0.400. The van der Waals surface area contributed by atoms with E-state index in [1.54, 1.807) is 12.4 Å². The molecule has 5 heteroatoms. The standard InChI is InChI=1S/C15H20N4O/c1-3-13-18-14(16)11(2)15(19-13)20-10-4-5-12-6-8-17-9-7-12/h6-9H,3-5,10H2,1-2H3,(H2,16,18,19). The molecule has 0 atom stereocenters. The number of nitrogens with zero attached hydrogens (tertiary/aromatic N) is 3. The molecule has 0 spiro atoms. The molecule has 0 aliphatic carbocycles. The molecule has 2 aromatic rings. The molecule has 0 saturated heterocycles. The smallest absolute Gasteiger partial charge is 0.221 e. The van der Waals surface area contributed by atoms with Gasteiger partial charge in [0.1, 0.15) is 11.6 Å². The van der Waals surface area contributed by atoms with Crippen molar-refractivity contribution in [3.63, 3.8) is 0 Å². The van der Waals surface area contributed by atoms with E-state index in [0.29, 0.717) is 18.3 Å². The first-order valence-corrected chi connectivity index (χ1v) is 6.85. The van der Waals surface area contributed by atoms with Crippen molar-refractivity contribution in [2.45, 2.75) is 33.1 Å². The van der Waals surface area contributed by atoms with E-state index in [1.807, 2.05) is 26.0 Å². The molecule has 0 unspecified atom stereocenters. The van der Waals surface area contributed by atoms with Gasteiger partial charge in [-0.25, -0.2) is 4.98 Å². The number of aryl methyl sites for hydroxylation is 2. The number of nitrogen functional groups attached to an aromatic ring is 1. The summed E-state index contributed by atoms with van der Waals surface area (Å²) in [5.74, 6) is 1.82. The minimum atomic E-state index is 0.501. The molecule has 2 aromatic heterocycles. The first kappa shape index (κ1) is 14.2. The molecule has 0 saturated carbocycles. The molecule has 0 aliphatic rings. The van der Waals surface area contributed by atoms with Crippen molar-refractivity contribution >= 4 is 5.82 Å². The van der Waals surface area contributed by atoms with E-state index < -0.39 is 0 Å². The van der Waals surface area contributed by atoms with Gasteiger partial charge in [0, 0.05) is 18.8 Å². The summed E-state index contributed by atoms with van der Waals surface area (Å²) in [6, 6.07) is 4.03. The van der Waals surface area contributed by atoms with Crippen molar-refractivity contribution in [1.82, 2.24) is 15.0 Å². The molecule has 106 valence electrons. The van der Waals surface area contributed by atoms with Crippen LogP contribution in [0.1, 0.15) is 30.3 Å². The molecular formula is C15H20N4O. The fourth-order valence-electron chi connectivity index (χ4n) is 1.85. The third-order valence-electron chi connectivity index (χ3n) is 3.10. The second kappa shape index (κ2) is 6.84. The van der Waals surface area contributed by atoms with Gasteiger partial charge in [-0.1, -0.05) is 6.92 Å². The zero-order chi connectivity index (χ0) is 14.4. The zero-order valence-electron chi connectivity index (χ0n) is 12.0. The average Bonchev–Trinajstić information content (AvgIpc) is 2.48. The third kappa shape index (κ3) is 3.66. The molecule has 0 bridgehead atoms. The molecule has 5 nitrogen and oxygen atoms in total. The molecule has 0 fully saturated rings. The molecule has 0 aliphatic heterocycles. The van der Waals surface area contributed by atoms with Crippen molar-refractivity contribution in [2.24, 2.45) is 0 Å². The van der Waals surface area contributed by atoms with Crippen molar-refractivity contribution in [3.05, 3.63) is 41.5 Å². The van der Waals surface area contributed by atoms with Crippen LogP contribution < -0.4 is 10.5 Å². The predicted octanol–water partition coefficient (Wildman–Crippen LogP) is 2.34. The Labute approximate surface area is 119 Å². The van der Waals surface area contributed by atoms with Crippen molar-refractivity contribution in [3.8, 4) is 5.88 Å². The number of rotatable bonds is 6. The minimum absolute atomic E-state index is 0.501. The Morgan fingerprint density at radius 3 is 2.65 bits per heavy atom. The molecule has 2 rings (SSSR count). The summed E-state index contributed by atoms with van der Waals surface area (Å²) in [5.41, 5.74) is 7.93. The van der Waals surface area contributed by atoms with Gasteiger partial charge >= 0.3 is 0 Å². The van der Waals surface area contributed by atoms with Gasteiger partial charge in [0.05, 0.1) is 12.2 Å². The number of nitrogens with two attached hydrogens (primary N) is 1. The van der Waals surface area contributed by atoms with Crippen molar-refractivity contribution < 1.29 is 4.74 Å². The Balaban J connectivity index is 1.89. The van der Waals surface area contributed by atoms with Crippen molar-refractivity contribution in [2.75, 3.05) is 12.3 Å². The first-order valence-electron chi connectivity index (χ1n) is 6.85. The van der Waals surface area contributed by atoms with Crippen LogP contribution in [0.2, 0.25) is 0 Å². The Bertz CT molecular complexity index is 557. The number of hydrogen-bond acceptors (Lipinski definition) is 5. The summed E-state index contributed by atoms with van der Waals surface area (Å²) in [5, 5.41) is 0. The van der Waals surface area contributed by atoms with E-state index in [1.165, 1.54) is 5.56 Å². The van der Waals surface area contributed by atoms with Gasteiger partial charge in [-0.15, -0.1) is 0 Å². The van der Waals surface area contributed by atoms with Gasteiger partial charge < -0.3 is 10.5 Å². The van der Waals surface area contributed by atoms with E-state index in [0.717, 1.165) is 30.7 Å². The lowest BCUT2D eigenvalue weighted by atomic mass is 10.1. The quantitative estimate of drug-likeness (QED) is 0.817. The molecule has 20 heavy (non-hydrogen) atoms. The van der Waals surface area contributed by atoms with Crippen LogP contribution in [0.25, 0.3) is 0 Å². The average molecular weight is 272 g/mol. The number of ether oxygens (including phenoxy) is 1. The lowest BCUT2D eigenvalue weighted by molar-refractivity contribution is 0.295. The predicted molar refractivity (Wildman–Crippen MR) is 78.6 cm³/mol. The van der Waals surface area contributed by atoms with Crippen LogP contribution in [0.3, 0.4) is 0 Å². The normalized spacial score (nSPS) is 10.5. The summed E-state index contributed by atoms with van der Waals surface area (Å²) >= 11 is 0.